The third-order valence-corrected chi connectivity index (χ3v) is 11.8. The lowest BCUT2D eigenvalue weighted by Gasteiger charge is -2.10. The first-order chi connectivity index (χ1) is 27.7. The second-order valence-electron chi connectivity index (χ2n) is 13.9. The average Bonchev–Trinajstić information content (AvgIpc) is 3.86. The lowest BCUT2D eigenvalue weighted by atomic mass is 9.98. The number of thiophene rings is 1. The van der Waals surface area contributed by atoms with Crippen LogP contribution in [0.15, 0.2) is 192 Å². The van der Waals surface area contributed by atoms with Crippen LogP contribution in [0.5, 0.6) is 0 Å². The lowest BCUT2D eigenvalue weighted by Crippen LogP contribution is -2.00. The van der Waals surface area contributed by atoms with Crippen molar-refractivity contribution in [1.29, 1.82) is 0 Å². The molecule has 3 aromatic heterocycles. The van der Waals surface area contributed by atoms with Crippen molar-refractivity contribution in [2.45, 2.75) is 0 Å². The van der Waals surface area contributed by atoms with Crippen molar-refractivity contribution in [2.24, 2.45) is 0 Å². The van der Waals surface area contributed by atoms with Crippen LogP contribution in [-0.2, 0) is 0 Å². The first-order valence-corrected chi connectivity index (χ1v) is 19.5. The first kappa shape index (κ1) is 32.2. The molecule has 3 heterocycles. The van der Waals surface area contributed by atoms with E-state index in [0.29, 0.717) is 17.5 Å². The van der Waals surface area contributed by atoms with Crippen LogP contribution in [-0.4, -0.2) is 15.0 Å². The highest BCUT2D eigenvalue weighted by molar-refractivity contribution is 7.26. The highest BCUT2D eigenvalue weighted by Gasteiger charge is 2.20. The summed E-state index contributed by atoms with van der Waals surface area (Å²) in [5, 5.41) is 4.51. The Hall–Kier alpha value is -7.21. The molecule has 0 fully saturated rings. The SMILES string of the molecule is c1ccc(-c2ccc(-c3nc(-c4ccccc4)nc(-c4cccc5oc6c(-c7ccc8sc9c(-c%10ccccc%10)cccc9c8c7)cccc6c45)n3)cc2)cc1. The molecule has 0 aliphatic rings. The van der Waals surface area contributed by atoms with Gasteiger partial charge in [0.05, 0.1) is 0 Å². The van der Waals surface area contributed by atoms with Gasteiger partial charge in [0.15, 0.2) is 17.5 Å². The van der Waals surface area contributed by atoms with Gasteiger partial charge < -0.3 is 4.42 Å². The van der Waals surface area contributed by atoms with Crippen LogP contribution in [0.4, 0.5) is 0 Å². The Morgan fingerprint density at radius 1 is 0.357 bits per heavy atom. The Bertz CT molecular complexity index is 3230. The highest BCUT2D eigenvalue weighted by Crippen LogP contribution is 2.44. The molecule has 0 amide bonds. The van der Waals surface area contributed by atoms with Crippen molar-refractivity contribution in [3.05, 3.63) is 188 Å². The van der Waals surface area contributed by atoms with Crippen molar-refractivity contribution in [1.82, 2.24) is 15.0 Å². The molecule has 0 atom stereocenters. The maximum Gasteiger partial charge on any atom is 0.164 e. The fraction of sp³-hybridized carbons (Fsp3) is 0. The summed E-state index contributed by atoms with van der Waals surface area (Å²) in [6.07, 6.45) is 0. The molecule has 0 saturated carbocycles. The third-order valence-electron chi connectivity index (χ3n) is 10.6. The van der Waals surface area contributed by atoms with Gasteiger partial charge in [-0.3, -0.25) is 0 Å². The van der Waals surface area contributed by atoms with E-state index in [4.69, 9.17) is 19.4 Å². The van der Waals surface area contributed by atoms with Crippen molar-refractivity contribution in [3.63, 3.8) is 0 Å². The number of nitrogens with zero attached hydrogens (tertiary/aromatic N) is 3. The van der Waals surface area contributed by atoms with E-state index in [1.807, 2.05) is 59.9 Å². The van der Waals surface area contributed by atoms with Gasteiger partial charge in [-0.2, -0.15) is 0 Å². The van der Waals surface area contributed by atoms with E-state index >= 15 is 0 Å². The predicted octanol–water partition coefficient (Wildman–Crippen LogP) is 14.1. The fourth-order valence-electron chi connectivity index (χ4n) is 7.86. The smallest absolute Gasteiger partial charge is 0.164 e. The molecule has 4 nitrogen and oxygen atoms in total. The number of hydrogen-bond donors (Lipinski definition) is 0. The Morgan fingerprint density at radius 3 is 1.62 bits per heavy atom. The van der Waals surface area contributed by atoms with Crippen LogP contribution in [0.2, 0.25) is 0 Å². The summed E-state index contributed by atoms with van der Waals surface area (Å²) in [6, 6.07) is 65.5. The third kappa shape index (κ3) is 5.48. The van der Waals surface area contributed by atoms with Crippen LogP contribution in [0.3, 0.4) is 0 Å². The number of hydrogen-bond acceptors (Lipinski definition) is 5. The first-order valence-electron chi connectivity index (χ1n) is 18.7. The van der Waals surface area contributed by atoms with Gasteiger partial charge in [-0.05, 0) is 46.0 Å². The van der Waals surface area contributed by atoms with Gasteiger partial charge in [0.1, 0.15) is 11.2 Å². The summed E-state index contributed by atoms with van der Waals surface area (Å²) in [6.45, 7) is 0. The summed E-state index contributed by atoms with van der Waals surface area (Å²) >= 11 is 1.85. The van der Waals surface area contributed by atoms with E-state index in [0.717, 1.165) is 55.3 Å². The molecule has 0 saturated heterocycles. The molecule has 0 aliphatic heterocycles. The molecular formula is C51H31N3OS. The second-order valence-corrected chi connectivity index (χ2v) is 15.0. The molecule has 0 N–H and O–H groups in total. The number of fused-ring (bicyclic) bond motifs is 6. The summed E-state index contributed by atoms with van der Waals surface area (Å²) in [5.41, 5.74) is 11.3. The minimum absolute atomic E-state index is 0.597. The maximum absolute atomic E-state index is 6.77. The number of rotatable bonds is 6. The van der Waals surface area contributed by atoms with Crippen LogP contribution >= 0.6 is 11.3 Å². The molecule has 0 spiro atoms. The van der Waals surface area contributed by atoms with E-state index in [9.17, 15) is 0 Å². The molecule has 5 heteroatoms. The quantitative estimate of drug-likeness (QED) is 0.171. The van der Waals surface area contributed by atoms with Gasteiger partial charge in [-0.25, -0.2) is 15.0 Å². The lowest BCUT2D eigenvalue weighted by molar-refractivity contribution is 0.670. The zero-order chi connectivity index (χ0) is 37.0. The van der Waals surface area contributed by atoms with Crippen molar-refractivity contribution in [3.8, 4) is 67.5 Å². The molecule has 11 aromatic rings. The van der Waals surface area contributed by atoms with Crippen LogP contribution in [0, 0.1) is 0 Å². The Morgan fingerprint density at radius 2 is 0.893 bits per heavy atom. The van der Waals surface area contributed by atoms with Crippen LogP contribution in [0.1, 0.15) is 0 Å². The van der Waals surface area contributed by atoms with Gasteiger partial charge in [0.2, 0.25) is 0 Å². The van der Waals surface area contributed by atoms with Gasteiger partial charge in [0.25, 0.3) is 0 Å². The Labute approximate surface area is 327 Å². The normalized spacial score (nSPS) is 11.6. The largest absolute Gasteiger partial charge is 0.455 e. The van der Waals surface area contributed by atoms with Crippen molar-refractivity contribution >= 4 is 53.4 Å². The molecule has 0 bridgehead atoms. The Kier molecular flexibility index (Phi) is 7.64. The van der Waals surface area contributed by atoms with Gasteiger partial charge in [0, 0.05) is 53.2 Å². The van der Waals surface area contributed by atoms with E-state index in [2.05, 4.69) is 140 Å². The molecule has 0 unspecified atom stereocenters. The highest BCUT2D eigenvalue weighted by atomic mass is 32.1. The summed E-state index contributed by atoms with van der Waals surface area (Å²) in [4.78, 5) is 15.3. The standard InChI is InChI=1S/C51H31N3OS/c1-4-13-32(14-5-1)33-25-27-36(28-26-33)50-52-49(35-17-8-3-9-18-35)53-51(54-50)42-23-12-24-44-46(42)41-22-10-19-38(47(41)55-44)37-29-30-45-43(31-37)40-21-11-20-39(48(40)56-45)34-15-6-2-7-16-34/h1-31H. The molecule has 0 radical (unpaired) electrons. The molecular weight excluding hydrogens is 703 g/mol. The monoisotopic (exact) mass is 733 g/mol. The average molecular weight is 734 g/mol. The fourth-order valence-corrected chi connectivity index (χ4v) is 9.08. The number of benzene rings is 8. The number of para-hydroxylation sites is 1. The van der Waals surface area contributed by atoms with Crippen LogP contribution in [0.25, 0.3) is 110 Å². The number of furan rings is 1. The van der Waals surface area contributed by atoms with E-state index in [1.54, 1.807) is 0 Å². The summed E-state index contributed by atoms with van der Waals surface area (Å²) in [7, 11) is 0. The maximum atomic E-state index is 6.77. The Balaban J connectivity index is 1.06. The summed E-state index contributed by atoms with van der Waals surface area (Å²) in [5.74, 6) is 1.83. The second kappa shape index (κ2) is 13.3. The molecule has 56 heavy (non-hydrogen) atoms. The number of aromatic nitrogens is 3. The topological polar surface area (TPSA) is 51.8 Å². The van der Waals surface area contributed by atoms with Gasteiger partial charge in [-0.1, -0.05) is 170 Å². The van der Waals surface area contributed by atoms with E-state index in [-0.39, 0.29) is 0 Å². The molecule has 11 rings (SSSR count). The minimum atomic E-state index is 0.597. The van der Waals surface area contributed by atoms with E-state index in [1.165, 1.54) is 36.9 Å². The zero-order valence-corrected chi connectivity index (χ0v) is 30.9. The minimum Gasteiger partial charge on any atom is -0.455 e. The van der Waals surface area contributed by atoms with Gasteiger partial charge >= 0.3 is 0 Å². The van der Waals surface area contributed by atoms with Crippen LogP contribution < -0.4 is 0 Å². The van der Waals surface area contributed by atoms with Crippen molar-refractivity contribution in [2.75, 3.05) is 0 Å². The van der Waals surface area contributed by atoms with Crippen molar-refractivity contribution < 1.29 is 4.42 Å². The molecule has 262 valence electrons. The van der Waals surface area contributed by atoms with Gasteiger partial charge in [-0.15, -0.1) is 11.3 Å². The summed E-state index contributed by atoms with van der Waals surface area (Å²) < 4.78 is 9.34. The molecule has 0 aliphatic carbocycles. The predicted molar refractivity (Wildman–Crippen MR) is 233 cm³/mol. The van der Waals surface area contributed by atoms with E-state index < -0.39 is 0 Å². The zero-order valence-electron chi connectivity index (χ0n) is 30.1. The molecule has 8 aromatic carbocycles.